The van der Waals surface area contributed by atoms with E-state index in [0.29, 0.717) is 12.1 Å². The number of carbonyl (C=O) groups is 1. The van der Waals surface area contributed by atoms with Crippen molar-refractivity contribution < 1.29 is 27.5 Å². The molecule has 1 fully saturated rings. The number of aliphatic hydroxyl groups is 1. The van der Waals surface area contributed by atoms with E-state index in [1.165, 1.54) is 0 Å². The zero-order valence-electron chi connectivity index (χ0n) is 9.04. The van der Waals surface area contributed by atoms with Crippen LogP contribution in [-0.2, 0) is 6.18 Å². The number of aliphatic hydroxyl groups excluding tert-OH is 1. The summed E-state index contributed by atoms with van der Waals surface area (Å²) < 4.78 is 50.4. The van der Waals surface area contributed by atoms with Crippen molar-refractivity contribution in [2.75, 3.05) is 13.1 Å². The molecule has 7 heteroatoms. The van der Waals surface area contributed by atoms with Gasteiger partial charge in [-0.05, 0) is 18.2 Å². The number of amides is 1. The van der Waals surface area contributed by atoms with E-state index in [9.17, 15) is 22.4 Å². The molecular formula is C11H9F4NO2. The van der Waals surface area contributed by atoms with Crippen LogP contribution in [0.2, 0.25) is 0 Å². The van der Waals surface area contributed by atoms with Gasteiger partial charge in [-0.25, -0.2) is 4.39 Å². The minimum absolute atomic E-state index is 0.0523. The summed E-state index contributed by atoms with van der Waals surface area (Å²) in [5.74, 6) is -1.83. The Morgan fingerprint density at radius 1 is 1.28 bits per heavy atom. The lowest BCUT2D eigenvalue weighted by Gasteiger charge is -2.35. The number of nitrogens with zero attached hydrogens (tertiary/aromatic N) is 1. The van der Waals surface area contributed by atoms with Crippen LogP contribution in [0.3, 0.4) is 0 Å². The SMILES string of the molecule is O=C(c1cc(F)cc(C(F)(F)F)c1)N1CC(O)C1. The van der Waals surface area contributed by atoms with Crippen LogP contribution < -0.4 is 0 Å². The molecule has 3 nitrogen and oxygen atoms in total. The van der Waals surface area contributed by atoms with E-state index < -0.39 is 29.6 Å². The van der Waals surface area contributed by atoms with Gasteiger partial charge < -0.3 is 10.0 Å². The van der Waals surface area contributed by atoms with Crippen LogP contribution in [0.4, 0.5) is 17.6 Å². The molecule has 1 aromatic carbocycles. The summed E-state index contributed by atoms with van der Waals surface area (Å²) in [5.41, 5.74) is -1.57. The lowest BCUT2D eigenvalue weighted by molar-refractivity contribution is -0.137. The second kappa shape index (κ2) is 4.24. The minimum Gasteiger partial charge on any atom is -0.389 e. The third kappa shape index (κ3) is 2.45. The molecule has 0 atom stereocenters. The summed E-state index contributed by atoms with van der Waals surface area (Å²) in [5, 5.41) is 9.00. The average molecular weight is 263 g/mol. The number of hydrogen-bond donors (Lipinski definition) is 1. The van der Waals surface area contributed by atoms with Gasteiger partial charge in [0, 0.05) is 18.7 Å². The second-order valence-electron chi connectivity index (χ2n) is 4.09. The predicted molar refractivity (Wildman–Crippen MR) is 53.3 cm³/mol. The molecule has 1 heterocycles. The maximum Gasteiger partial charge on any atom is 0.416 e. The molecule has 1 aromatic rings. The first-order valence-electron chi connectivity index (χ1n) is 5.12. The van der Waals surface area contributed by atoms with Crippen LogP contribution in [0.15, 0.2) is 18.2 Å². The van der Waals surface area contributed by atoms with Crippen molar-refractivity contribution in [2.24, 2.45) is 0 Å². The fraction of sp³-hybridized carbons (Fsp3) is 0.364. The monoisotopic (exact) mass is 263 g/mol. The molecule has 0 saturated carbocycles. The van der Waals surface area contributed by atoms with E-state index in [1.807, 2.05) is 0 Å². The van der Waals surface area contributed by atoms with E-state index in [2.05, 4.69) is 0 Å². The summed E-state index contributed by atoms with van der Waals surface area (Å²) in [4.78, 5) is 12.8. The number of carbonyl (C=O) groups excluding carboxylic acids is 1. The zero-order chi connectivity index (χ0) is 13.5. The molecular weight excluding hydrogens is 254 g/mol. The number of β-amino-alcohol motifs (C(OH)–C–C–N with tert-alkyl or cyclic N) is 1. The maximum atomic E-state index is 13.1. The van der Waals surface area contributed by atoms with E-state index in [-0.39, 0.29) is 18.7 Å². The first-order valence-corrected chi connectivity index (χ1v) is 5.12. The first kappa shape index (κ1) is 12.8. The fourth-order valence-electron chi connectivity index (χ4n) is 1.68. The van der Waals surface area contributed by atoms with Gasteiger partial charge in [-0.3, -0.25) is 4.79 Å². The summed E-state index contributed by atoms with van der Waals surface area (Å²) in [7, 11) is 0. The summed E-state index contributed by atoms with van der Waals surface area (Å²) in [6.45, 7) is 0.105. The summed E-state index contributed by atoms with van der Waals surface area (Å²) in [6, 6.07) is 1.69. The molecule has 98 valence electrons. The van der Waals surface area contributed by atoms with Gasteiger partial charge in [0.25, 0.3) is 5.91 Å². The van der Waals surface area contributed by atoms with Crippen molar-refractivity contribution in [3.05, 3.63) is 35.1 Å². The molecule has 0 bridgehead atoms. The van der Waals surface area contributed by atoms with Crippen molar-refractivity contribution >= 4 is 5.91 Å². The predicted octanol–water partition coefficient (Wildman–Crippen LogP) is 1.66. The molecule has 1 amide bonds. The van der Waals surface area contributed by atoms with Gasteiger partial charge in [0.05, 0.1) is 11.7 Å². The Bertz CT molecular complexity index is 480. The van der Waals surface area contributed by atoms with Gasteiger partial charge in [-0.2, -0.15) is 13.2 Å². The number of benzene rings is 1. The quantitative estimate of drug-likeness (QED) is 0.783. The highest BCUT2D eigenvalue weighted by Gasteiger charge is 2.34. The standard InChI is InChI=1S/C11H9F4NO2/c12-8-2-6(1-7(3-8)11(13,14)15)10(18)16-4-9(17)5-16/h1-3,9,17H,4-5H2. The third-order valence-electron chi connectivity index (χ3n) is 2.62. The lowest BCUT2D eigenvalue weighted by atomic mass is 10.1. The van der Waals surface area contributed by atoms with Gasteiger partial charge in [-0.15, -0.1) is 0 Å². The Morgan fingerprint density at radius 3 is 2.39 bits per heavy atom. The molecule has 18 heavy (non-hydrogen) atoms. The Hall–Kier alpha value is -1.63. The van der Waals surface area contributed by atoms with E-state index in [4.69, 9.17) is 5.11 Å². The van der Waals surface area contributed by atoms with Crippen LogP contribution in [-0.4, -0.2) is 35.1 Å². The Balaban J connectivity index is 2.28. The van der Waals surface area contributed by atoms with Gasteiger partial charge in [0.1, 0.15) is 5.82 Å². The Morgan fingerprint density at radius 2 is 1.89 bits per heavy atom. The Labute approximate surface area is 99.6 Å². The summed E-state index contributed by atoms with van der Waals surface area (Å²) >= 11 is 0. The molecule has 1 N–H and O–H groups in total. The average Bonchev–Trinajstić information content (AvgIpc) is 2.22. The van der Waals surface area contributed by atoms with Crippen LogP contribution in [0.25, 0.3) is 0 Å². The highest BCUT2D eigenvalue weighted by Crippen LogP contribution is 2.30. The number of likely N-dealkylation sites (tertiary alicyclic amines) is 1. The molecule has 1 saturated heterocycles. The van der Waals surface area contributed by atoms with Gasteiger partial charge >= 0.3 is 6.18 Å². The number of rotatable bonds is 1. The molecule has 1 aliphatic heterocycles. The second-order valence-corrected chi connectivity index (χ2v) is 4.09. The maximum absolute atomic E-state index is 13.1. The van der Waals surface area contributed by atoms with Crippen molar-refractivity contribution in [1.29, 1.82) is 0 Å². The fourth-order valence-corrected chi connectivity index (χ4v) is 1.68. The topological polar surface area (TPSA) is 40.5 Å². The van der Waals surface area contributed by atoms with Crippen molar-refractivity contribution in [3.63, 3.8) is 0 Å². The smallest absolute Gasteiger partial charge is 0.389 e. The van der Waals surface area contributed by atoms with Crippen LogP contribution in [0.5, 0.6) is 0 Å². The number of hydrogen-bond acceptors (Lipinski definition) is 2. The number of halogens is 4. The van der Waals surface area contributed by atoms with Crippen LogP contribution in [0, 0.1) is 5.82 Å². The van der Waals surface area contributed by atoms with E-state index in [1.54, 1.807) is 0 Å². The van der Waals surface area contributed by atoms with E-state index >= 15 is 0 Å². The van der Waals surface area contributed by atoms with Gasteiger partial charge in [-0.1, -0.05) is 0 Å². The Kier molecular flexibility index (Phi) is 3.02. The minimum atomic E-state index is -4.70. The molecule has 0 radical (unpaired) electrons. The zero-order valence-corrected chi connectivity index (χ0v) is 9.04. The van der Waals surface area contributed by atoms with Crippen LogP contribution in [0.1, 0.15) is 15.9 Å². The largest absolute Gasteiger partial charge is 0.416 e. The lowest BCUT2D eigenvalue weighted by Crippen LogP contribution is -2.53. The molecule has 1 aliphatic rings. The molecule has 0 aliphatic carbocycles. The van der Waals surface area contributed by atoms with E-state index in [0.717, 1.165) is 11.0 Å². The first-order chi connectivity index (χ1) is 8.27. The third-order valence-corrected chi connectivity index (χ3v) is 2.62. The highest BCUT2D eigenvalue weighted by molar-refractivity contribution is 5.95. The van der Waals surface area contributed by atoms with Crippen LogP contribution >= 0.6 is 0 Å². The van der Waals surface area contributed by atoms with Crippen molar-refractivity contribution in [2.45, 2.75) is 12.3 Å². The molecule has 2 rings (SSSR count). The molecule has 0 unspecified atom stereocenters. The van der Waals surface area contributed by atoms with Gasteiger partial charge in [0.15, 0.2) is 0 Å². The molecule has 0 aromatic heterocycles. The normalized spacial score (nSPS) is 16.6. The van der Waals surface area contributed by atoms with Crippen molar-refractivity contribution in [1.82, 2.24) is 4.90 Å². The molecule has 0 spiro atoms. The number of alkyl halides is 3. The van der Waals surface area contributed by atoms with Crippen molar-refractivity contribution in [3.8, 4) is 0 Å². The summed E-state index contributed by atoms with van der Waals surface area (Å²) in [6.07, 6.45) is -5.37. The highest BCUT2D eigenvalue weighted by atomic mass is 19.4. The van der Waals surface area contributed by atoms with Gasteiger partial charge in [0.2, 0.25) is 0 Å².